The van der Waals surface area contributed by atoms with Crippen LogP contribution in [0.4, 0.5) is 5.69 Å². The van der Waals surface area contributed by atoms with Crippen molar-refractivity contribution in [1.29, 1.82) is 0 Å². The molecule has 0 radical (unpaired) electrons. The van der Waals surface area contributed by atoms with E-state index in [1.807, 2.05) is 19.1 Å². The third-order valence-electron chi connectivity index (χ3n) is 7.73. The SMILES string of the molecule is COC(=O)C1=CO[C@@H](C)[C@@H]2CN3CC[C@]4(C(=O)Nc5cc(OC)c(OC)cc54)[C@H]3C[C@H]12. The minimum absolute atomic E-state index is 0.00459. The zero-order chi connectivity index (χ0) is 21.9. The molecule has 1 aromatic carbocycles. The van der Waals surface area contributed by atoms with Crippen LogP contribution in [0.1, 0.15) is 25.3 Å². The number of carbonyl (C=O) groups excluding carboxylic acids is 2. The standard InChI is InChI=1S/C23H28N2O6/c1-12-14-10-25-6-5-23(20(25)7-13(14)15(11-31-12)21(26)30-4)16-8-18(28-2)19(29-3)9-17(16)24-22(23)27/h8-9,11-14,20H,5-7,10H2,1-4H3,(H,24,27)/t12-,13-,14-,20+,23+/m0/s1. The Morgan fingerprint density at radius 3 is 2.68 bits per heavy atom. The Kier molecular flexibility index (Phi) is 4.66. The van der Waals surface area contributed by atoms with E-state index in [2.05, 4.69) is 10.2 Å². The predicted molar refractivity (Wildman–Crippen MR) is 112 cm³/mol. The van der Waals surface area contributed by atoms with Crippen molar-refractivity contribution in [3.63, 3.8) is 0 Å². The van der Waals surface area contributed by atoms with Crippen molar-refractivity contribution in [2.24, 2.45) is 11.8 Å². The molecule has 0 unspecified atom stereocenters. The van der Waals surface area contributed by atoms with E-state index < -0.39 is 5.41 Å². The fourth-order valence-corrected chi connectivity index (χ4v) is 6.14. The number of benzene rings is 1. The van der Waals surface area contributed by atoms with Gasteiger partial charge in [-0.25, -0.2) is 4.79 Å². The van der Waals surface area contributed by atoms with E-state index in [1.165, 1.54) is 7.11 Å². The largest absolute Gasteiger partial charge is 0.497 e. The minimum atomic E-state index is -0.678. The smallest absolute Gasteiger partial charge is 0.337 e. The predicted octanol–water partition coefficient (Wildman–Crippen LogP) is 2.08. The lowest BCUT2D eigenvalue weighted by Gasteiger charge is -2.48. The number of nitrogens with one attached hydrogen (secondary N) is 1. The Labute approximate surface area is 181 Å². The van der Waals surface area contributed by atoms with Gasteiger partial charge in [0.1, 0.15) is 0 Å². The molecular weight excluding hydrogens is 400 g/mol. The average molecular weight is 428 g/mol. The zero-order valence-electron chi connectivity index (χ0n) is 18.3. The van der Waals surface area contributed by atoms with Gasteiger partial charge in [-0.15, -0.1) is 0 Å². The maximum absolute atomic E-state index is 13.5. The minimum Gasteiger partial charge on any atom is -0.497 e. The monoisotopic (exact) mass is 428 g/mol. The van der Waals surface area contributed by atoms with Gasteiger partial charge < -0.3 is 24.3 Å². The van der Waals surface area contributed by atoms with E-state index in [9.17, 15) is 9.59 Å². The molecule has 0 saturated carbocycles. The molecule has 8 nitrogen and oxygen atoms in total. The van der Waals surface area contributed by atoms with Gasteiger partial charge in [0.25, 0.3) is 0 Å². The van der Waals surface area contributed by atoms with Gasteiger partial charge in [0.2, 0.25) is 5.91 Å². The molecule has 2 fully saturated rings. The van der Waals surface area contributed by atoms with Crippen LogP contribution in [-0.4, -0.2) is 63.3 Å². The number of methoxy groups -OCH3 is 3. The molecule has 4 aliphatic heterocycles. The average Bonchev–Trinajstić information content (AvgIpc) is 3.29. The molecule has 4 heterocycles. The van der Waals surface area contributed by atoms with Gasteiger partial charge in [-0.1, -0.05) is 0 Å². The molecule has 31 heavy (non-hydrogen) atoms. The Morgan fingerprint density at radius 1 is 1.23 bits per heavy atom. The van der Waals surface area contributed by atoms with E-state index in [0.717, 1.165) is 30.8 Å². The van der Waals surface area contributed by atoms with Crippen LogP contribution in [0, 0.1) is 11.8 Å². The van der Waals surface area contributed by atoms with Gasteiger partial charge in [-0.3, -0.25) is 9.69 Å². The number of piperidine rings is 1. The summed E-state index contributed by atoms with van der Waals surface area (Å²) in [6.07, 6.45) is 2.98. The first-order valence-electron chi connectivity index (χ1n) is 10.7. The van der Waals surface area contributed by atoms with Crippen molar-refractivity contribution in [2.75, 3.05) is 39.7 Å². The number of rotatable bonds is 3. The number of hydrogen-bond donors (Lipinski definition) is 1. The highest BCUT2D eigenvalue weighted by molar-refractivity contribution is 6.07. The van der Waals surface area contributed by atoms with Crippen molar-refractivity contribution < 1.29 is 28.5 Å². The molecule has 1 aromatic rings. The fourth-order valence-electron chi connectivity index (χ4n) is 6.14. The number of esters is 1. The van der Waals surface area contributed by atoms with Gasteiger partial charge >= 0.3 is 5.97 Å². The van der Waals surface area contributed by atoms with Gasteiger partial charge in [-0.2, -0.15) is 0 Å². The molecule has 8 heteroatoms. The quantitative estimate of drug-likeness (QED) is 0.738. The van der Waals surface area contributed by atoms with Crippen LogP contribution < -0.4 is 14.8 Å². The molecule has 0 bridgehead atoms. The molecule has 166 valence electrons. The normalized spacial score (nSPS) is 33.5. The first-order valence-corrected chi connectivity index (χ1v) is 10.7. The number of hydrogen-bond acceptors (Lipinski definition) is 7. The molecule has 5 rings (SSSR count). The molecule has 1 N–H and O–H groups in total. The second-order valence-corrected chi connectivity index (χ2v) is 8.85. The summed E-state index contributed by atoms with van der Waals surface area (Å²) in [6, 6.07) is 3.75. The first kappa shape index (κ1) is 20.2. The lowest BCUT2D eigenvalue weighted by atomic mass is 9.66. The van der Waals surface area contributed by atoms with E-state index in [0.29, 0.717) is 23.5 Å². The molecule has 2 saturated heterocycles. The number of nitrogens with zero attached hydrogens (tertiary/aromatic N) is 1. The molecule has 5 atom stereocenters. The van der Waals surface area contributed by atoms with E-state index in [1.54, 1.807) is 20.5 Å². The van der Waals surface area contributed by atoms with Crippen LogP contribution in [0.25, 0.3) is 0 Å². The van der Waals surface area contributed by atoms with Crippen molar-refractivity contribution in [3.05, 3.63) is 29.5 Å². The van der Waals surface area contributed by atoms with Crippen LogP contribution in [0.5, 0.6) is 11.5 Å². The highest BCUT2D eigenvalue weighted by Gasteiger charge is 2.61. The van der Waals surface area contributed by atoms with Crippen molar-refractivity contribution in [1.82, 2.24) is 4.90 Å². The molecule has 0 aliphatic carbocycles. The first-order chi connectivity index (χ1) is 14.9. The lowest BCUT2D eigenvalue weighted by Crippen LogP contribution is -2.56. The van der Waals surface area contributed by atoms with Gasteiger partial charge in [0.15, 0.2) is 11.5 Å². The zero-order valence-corrected chi connectivity index (χ0v) is 18.3. The summed E-state index contributed by atoms with van der Waals surface area (Å²) in [5.74, 6) is 1.02. The summed E-state index contributed by atoms with van der Waals surface area (Å²) in [4.78, 5) is 28.3. The van der Waals surface area contributed by atoms with Crippen LogP contribution in [-0.2, 0) is 24.5 Å². The van der Waals surface area contributed by atoms with Crippen molar-refractivity contribution >= 4 is 17.6 Å². The van der Waals surface area contributed by atoms with E-state index in [-0.39, 0.29) is 35.9 Å². The maximum Gasteiger partial charge on any atom is 0.337 e. The third kappa shape index (κ3) is 2.70. The number of amides is 1. The van der Waals surface area contributed by atoms with Crippen molar-refractivity contribution in [3.8, 4) is 11.5 Å². The van der Waals surface area contributed by atoms with Gasteiger partial charge in [-0.05, 0) is 37.9 Å². The highest BCUT2D eigenvalue weighted by Crippen LogP contribution is 2.55. The molecule has 1 spiro atoms. The van der Waals surface area contributed by atoms with Gasteiger partial charge in [0, 0.05) is 36.2 Å². The van der Waals surface area contributed by atoms with Crippen LogP contribution in [0.3, 0.4) is 0 Å². The van der Waals surface area contributed by atoms with E-state index >= 15 is 0 Å². The van der Waals surface area contributed by atoms with Crippen molar-refractivity contribution in [2.45, 2.75) is 37.3 Å². The third-order valence-corrected chi connectivity index (χ3v) is 7.73. The lowest BCUT2D eigenvalue weighted by molar-refractivity contribution is -0.139. The fraction of sp³-hybridized carbons (Fsp3) is 0.565. The number of ether oxygens (including phenoxy) is 4. The summed E-state index contributed by atoms with van der Waals surface area (Å²) in [7, 11) is 4.58. The van der Waals surface area contributed by atoms with Crippen LogP contribution >= 0.6 is 0 Å². The molecule has 1 amide bonds. The second-order valence-electron chi connectivity index (χ2n) is 8.85. The number of anilines is 1. The highest BCUT2D eigenvalue weighted by atomic mass is 16.5. The maximum atomic E-state index is 13.5. The molecule has 4 aliphatic rings. The van der Waals surface area contributed by atoms with Crippen LogP contribution in [0.2, 0.25) is 0 Å². The summed E-state index contributed by atoms with van der Waals surface area (Å²) >= 11 is 0. The Morgan fingerprint density at radius 2 is 1.97 bits per heavy atom. The van der Waals surface area contributed by atoms with Gasteiger partial charge in [0.05, 0.1) is 44.7 Å². The topological polar surface area (TPSA) is 86.3 Å². The molecule has 0 aromatic heterocycles. The number of carbonyl (C=O) groups is 2. The second kappa shape index (κ2) is 7.15. The summed E-state index contributed by atoms with van der Waals surface area (Å²) < 4.78 is 21.8. The summed E-state index contributed by atoms with van der Waals surface area (Å²) in [6.45, 7) is 3.64. The number of fused-ring (bicyclic) bond motifs is 5. The Hall–Kier alpha value is -2.74. The van der Waals surface area contributed by atoms with Crippen LogP contribution in [0.15, 0.2) is 24.0 Å². The van der Waals surface area contributed by atoms with E-state index in [4.69, 9.17) is 18.9 Å². The molecular formula is C23H28N2O6. The Balaban J connectivity index is 1.57. The summed E-state index contributed by atoms with van der Waals surface area (Å²) in [5.41, 5.74) is 1.61. The summed E-state index contributed by atoms with van der Waals surface area (Å²) in [5, 5.41) is 3.08. The Bertz CT molecular complexity index is 975.